The van der Waals surface area contributed by atoms with Gasteiger partial charge in [-0.3, -0.25) is 4.79 Å². The van der Waals surface area contributed by atoms with Crippen molar-refractivity contribution in [1.82, 2.24) is 4.57 Å². The van der Waals surface area contributed by atoms with E-state index in [0.717, 1.165) is 33.1 Å². The largest absolute Gasteiger partial charge is 0.494 e. The lowest BCUT2D eigenvalue weighted by atomic mass is 10.2. The Bertz CT molecular complexity index is 988. The lowest BCUT2D eigenvalue weighted by Crippen LogP contribution is -2.15. The zero-order valence-corrected chi connectivity index (χ0v) is 17.5. The molecule has 2 aromatic carbocycles. The van der Waals surface area contributed by atoms with Gasteiger partial charge < -0.3 is 9.30 Å². The van der Waals surface area contributed by atoms with Crippen LogP contribution in [0.15, 0.2) is 52.4 Å². The van der Waals surface area contributed by atoms with Gasteiger partial charge in [-0.05, 0) is 51.1 Å². The molecule has 1 aromatic heterocycles. The predicted molar refractivity (Wildman–Crippen MR) is 114 cm³/mol. The van der Waals surface area contributed by atoms with E-state index in [-0.39, 0.29) is 5.91 Å². The Morgan fingerprint density at radius 2 is 1.96 bits per heavy atom. The molecular weight excluding hydrogens is 376 g/mol. The van der Waals surface area contributed by atoms with Crippen LogP contribution in [0.2, 0.25) is 0 Å². The third-order valence-corrected chi connectivity index (χ3v) is 6.16. The Hall–Kier alpha value is -2.05. The second-order valence-corrected chi connectivity index (χ2v) is 8.29. The second kappa shape index (κ2) is 9.24. The Morgan fingerprint density at radius 1 is 1.19 bits per heavy atom. The van der Waals surface area contributed by atoms with Crippen LogP contribution in [-0.4, -0.2) is 22.8 Å². The maximum absolute atomic E-state index is 12.4. The second-order valence-electron chi connectivity index (χ2n) is 6.11. The first-order valence-corrected chi connectivity index (χ1v) is 10.9. The maximum atomic E-state index is 12.4. The molecule has 1 heterocycles. The highest BCUT2D eigenvalue weighted by Gasteiger charge is 2.08. The third kappa shape index (κ3) is 5.02. The third-order valence-electron chi connectivity index (χ3n) is 4.11. The number of aromatic nitrogens is 1. The number of hydrogen-bond donors (Lipinski definition) is 0. The molecule has 0 unspecified atom stereocenters. The van der Waals surface area contributed by atoms with Crippen molar-refractivity contribution in [2.75, 3.05) is 12.4 Å². The molecule has 3 rings (SSSR count). The van der Waals surface area contributed by atoms with Gasteiger partial charge in [-0.2, -0.15) is 4.99 Å². The summed E-state index contributed by atoms with van der Waals surface area (Å²) in [7, 11) is 0. The minimum Gasteiger partial charge on any atom is -0.494 e. The molecule has 0 radical (unpaired) electrons. The van der Waals surface area contributed by atoms with Crippen molar-refractivity contribution >= 4 is 39.2 Å². The summed E-state index contributed by atoms with van der Waals surface area (Å²) in [5, 5.41) is 0. The van der Waals surface area contributed by atoms with Gasteiger partial charge in [-0.1, -0.05) is 29.0 Å². The summed E-state index contributed by atoms with van der Waals surface area (Å²) in [5.41, 5.74) is 2.33. The summed E-state index contributed by atoms with van der Waals surface area (Å²) in [4.78, 5) is 18.7. The number of nitrogens with zero attached hydrogens (tertiary/aromatic N) is 2. The van der Waals surface area contributed by atoms with Crippen LogP contribution in [0, 0.1) is 6.92 Å². The average Bonchev–Trinajstić information content (AvgIpc) is 2.99. The number of rotatable bonds is 7. The molecule has 0 N–H and O–H groups in total. The van der Waals surface area contributed by atoms with E-state index in [1.807, 2.05) is 25.1 Å². The smallest absolute Gasteiger partial charge is 0.249 e. The lowest BCUT2D eigenvalue weighted by molar-refractivity contribution is -0.117. The number of thiazole rings is 1. The number of hydrogen-bond acceptors (Lipinski definition) is 4. The minimum atomic E-state index is -0.0756. The Kier molecular flexibility index (Phi) is 6.74. The number of amides is 1. The molecule has 0 saturated carbocycles. The normalized spacial score (nSPS) is 11.9. The molecule has 0 fully saturated rings. The van der Waals surface area contributed by atoms with Crippen molar-refractivity contribution in [2.45, 2.75) is 38.6 Å². The fraction of sp³-hybridized carbons (Fsp3) is 0.333. The van der Waals surface area contributed by atoms with Crippen molar-refractivity contribution in [1.29, 1.82) is 0 Å². The molecule has 4 nitrogen and oxygen atoms in total. The highest BCUT2D eigenvalue weighted by Crippen LogP contribution is 2.23. The summed E-state index contributed by atoms with van der Waals surface area (Å²) >= 11 is 3.23. The highest BCUT2D eigenvalue weighted by atomic mass is 32.2. The van der Waals surface area contributed by atoms with Crippen LogP contribution < -0.4 is 9.54 Å². The van der Waals surface area contributed by atoms with Gasteiger partial charge >= 0.3 is 0 Å². The SMILES string of the molecule is CCOc1ccc2c(c1)sc(=NC(=O)CCSc1ccc(C)cc1)n2CC. The maximum Gasteiger partial charge on any atom is 0.249 e. The molecule has 6 heteroatoms. The van der Waals surface area contributed by atoms with Gasteiger partial charge in [0.05, 0.1) is 16.8 Å². The average molecular weight is 401 g/mol. The van der Waals surface area contributed by atoms with Crippen LogP contribution >= 0.6 is 23.1 Å². The van der Waals surface area contributed by atoms with Crippen LogP contribution in [0.3, 0.4) is 0 Å². The molecule has 27 heavy (non-hydrogen) atoms. The van der Waals surface area contributed by atoms with Gasteiger partial charge in [0.25, 0.3) is 0 Å². The Labute approximate surface area is 167 Å². The van der Waals surface area contributed by atoms with E-state index in [2.05, 4.69) is 47.7 Å². The molecule has 0 atom stereocenters. The fourth-order valence-corrected chi connectivity index (χ4v) is 4.73. The van der Waals surface area contributed by atoms with Gasteiger partial charge in [0, 0.05) is 23.6 Å². The zero-order valence-electron chi connectivity index (χ0n) is 15.9. The minimum absolute atomic E-state index is 0.0756. The van der Waals surface area contributed by atoms with Crippen LogP contribution in [0.4, 0.5) is 0 Å². The fourth-order valence-electron chi connectivity index (χ4n) is 2.75. The molecule has 0 spiro atoms. The van der Waals surface area contributed by atoms with Gasteiger partial charge in [0.2, 0.25) is 5.91 Å². The predicted octanol–water partition coefficient (Wildman–Crippen LogP) is 5.04. The van der Waals surface area contributed by atoms with Crippen LogP contribution in [0.1, 0.15) is 25.8 Å². The molecule has 0 aliphatic rings. The number of benzene rings is 2. The first-order valence-electron chi connectivity index (χ1n) is 9.14. The van der Waals surface area contributed by atoms with Crippen molar-refractivity contribution in [3.8, 4) is 5.75 Å². The number of thioether (sulfide) groups is 1. The van der Waals surface area contributed by atoms with Crippen LogP contribution in [0.25, 0.3) is 10.2 Å². The van der Waals surface area contributed by atoms with Crippen molar-refractivity contribution in [3.63, 3.8) is 0 Å². The van der Waals surface area contributed by atoms with E-state index < -0.39 is 0 Å². The van der Waals surface area contributed by atoms with Crippen molar-refractivity contribution in [2.24, 2.45) is 4.99 Å². The number of aryl methyl sites for hydroxylation is 2. The molecule has 0 aliphatic heterocycles. The van der Waals surface area contributed by atoms with E-state index in [1.54, 1.807) is 11.8 Å². The summed E-state index contributed by atoms with van der Waals surface area (Å²) < 4.78 is 8.75. The number of carbonyl (C=O) groups excluding carboxylic acids is 1. The molecule has 0 bridgehead atoms. The number of fused-ring (bicyclic) bond motifs is 1. The monoisotopic (exact) mass is 400 g/mol. The van der Waals surface area contributed by atoms with Crippen molar-refractivity contribution < 1.29 is 9.53 Å². The van der Waals surface area contributed by atoms with Gasteiger partial charge in [-0.25, -0.2) is 0 Å². The molecule has 0 aliphatic carbocycles. The molecular formula is C21H24N2O2S2. The molecule has 142 valence electrons. The van der Waals surface area contributed by atoms with Crippen LogP contribution in [0.5, 0.6) is 5.75 Å². The summed E-state index contributed by atoms with van der Waals surface area (Å²) in [6, 6.07) is 14.4. The Balaban J connectivity index is 1.73. The highest BCUT2D eigenvalue weighted by molar-refractivity contribution is 7.99. The van der Waals surface area contributed by atoms with Gasteiger partial charge in [-0.15, -0.1) is 11.8 Å². The first-order chi connectivity index (χ1) is 13.1. The Morgan fingerprint density at radius 3 is 2.67 bits per heavy atom. The topological polar surface area (TPSA) is 43.6 Å². The number of carbonyl (C=O) groups is 1. The zero-order chi connectivity index (χ0) is 19.2. The van der Waals surface area contributed by atoms with Crippen LogP contribution in [-0.2, 0) is 11.3 Å². The first kappa shape index (κ1) is 19.7. The number of ether oxygens (including phenoxy) is 1. The van der Waals surface area contributed by atoms with E-state index in [4.69, 9.17) is 4.74 Å². The van der Waals surface area contributed by atoms with Gasteiger partial charge in [0.15, 0.2) is 4.80 Å². The molecule has 1 amide bonds. The molecule has 3 aromatic rings. The summed E-state index contributed by atoms with van der Waals surface area (Å²) in [6.07, 6.45) is 0.431. The van der Waals surface area contributed by atoms with E-state index in [0.29, 0.717) is 13.0 Å². The quantitative estimate of drug-likeness (QED) is 0.522. The van der Waals surface area contributed by atoms with E-state index in [1.165, 1.54) is 21.8 Å². The van der Waals surface area contributed by atoms with Gasteiger partial charge in [0.1, 0.15) is 5.75 Å². The lowest BCUT2D eigenvalue weighted by Gasteiger charge is -2.03. The summed E-state index contributed by atoms with van der Waals surface area (Å²) in [5.74, 6) is 1.51. The molecule has 0 saturated heterocycles. The summed E-state index contributed by atoms with van der Waals surface area (Å²) in [6.45, 7) is 7.53. The van der Waals surface area contributed by atoms with E-state index >= 15 is 0 Å². The van der Waals surface area contributed by atoms with E-state index in [9.17, 15) is 4.79 Å². The standard InChI is InChI=1S/C21H24N2O2S2/c1-4-23-18-11-8-16(25-5-2)14-19(18)27-21(23)22-20(24)12-13-26-17-9-6-15(3)7-10-17/h6-11,14H,4-5,12-13H2,1-3H3. The van der Waals surface area contributed by atoms with Crippen molar-refractivity contribution in [3.05, 3.63) is 52.8 Å².